The van der Waals surface area contributed by atoms with Gasteiger partial charge in [-0.05, 0) is 31.9 Å². The molecular weight excluding hydrogens is 240 g/mol. The van der Waals surface area contributed by atoms with Gasteiger partial charge in [0.2, 0.25) is 0 Å². The number of nitrogens with zero attached hydrogens (tertiary/aromatic N) is 1. The molecule has 0 bridgehead atoms. The van der Waals surface area contributed by atoms with Crippen LogP contribution in [0.3, 0.4) is 0 Å². The van der Waals surface area contributed by atoms with E-state index in [4.69, 9.17) is 14.7 Å². The van der Waals surface area contributed by atoms with Gasteiger partial charge in [0.15, 0.2) is 0 Å². The van der Waals surface area contributed by atoms with Crippen LogP contribution in [0.25, 0.3) is 0 Å². The van der Waals surface area contributed by atoms with Gasteiger partial charge in [-0.2, -0.15) is 5.26 Å². The first-order valence-corrected chi connectivity index (χ1v) is 6.78. The molecule has 2 unspecified atom stereocenters. The fourth-order valence-electron chi connectivity index (χ4n) is 2.26. The summed E-state index contributed by atoms with van der Waals surface area (Å²) in [6.45, 7) is 4.32. The average molecular weight is 260 g/mol. The molecule has 0 spiro atoms. The van der Waals surface area contributed by atoms with Crippen molar-refractivity contribution in [3.63, 3.8) is 0 Å². The topological polar surface area (TPSA) is 54.3 Å². The second-order valence-electron chi connectivity index (χ2n) is 4.75. The molecule has 1 aromatic carbocycles. The SMILES string of the molecule is CC(NCCOc1ccccc1C#N)C1CCCO1. The van der Waals surface area contributed by atoms with Crippen molar-refractivity contribution >= 4 is 0 Å². The lowest BCUT2D eigenvalue weighted by Gasteiger charge is -2.20. The second-order valence-corrected chi connectivity index (χ2v) is 4.75. The number of nitriles is 1. The first-order chi connectivity index (χ1) is 9.31. The minimum absolute atomic E-state index is 0.325. The number of hydrogen-bond donors (Lipinski definition) is 1. The number of rotatable bonds is 6. The van der Waals surface area contributed by atoms with Crippen LogP contribution < -0.4 is 10.1 Å². The van der Waals surface area contributed by atoms with Gasteiger partial charge >= 0.3 is 0 Å². The molecule has 1 fully saturated rings. The van der Waals surface area contributed by atoms with Gasteiger partial charge in [0, 0.05) is 19.2 Å². The highest BCUT2D eigenvalue weighted by molar-refractivity contribution is 5.42. The Morgan fingerprint density at radius 3 is 3.11 bits per heavy atom. The largest absolute Gasteiger partial charge is 0.491 e. The van der Waals surface area contributed by atoms with Crippen LogP contribution >= 0.6 is 0 Å². The molecule has 0 radical (unpaired) electrons. The number of ether oxygens (including phenoxy) is 2. The van der Waals surface area contributed by atoms with E-state index in [0.717, 1.165) is 26.0 Å². The molecule has 2 atom stereocenters. The molecule has 1 aliphatic rings. The van der Waals surface area contributed by atoms with Gasteiger partial charge in [-0.3, -0.25) is 0 Å². The summed E-state index contributed by atoms with van der Waals surface area (Å²) >= 11 is 0. The van der Waals surface area contributed by atoms with Crippen LogP contribution in [0.5, 0.6) is 5.75 Å². The molecule has 1 aliphatic heterocycles. The Morgan fingerprint density at radius 1 is 1.53 bits per heavy atom. The van der Waals surface area contributed by atoms with Crippen molar-refractivity contribution in [1.82, 2.24) is 5.32 Å². The summed E-state index contributed by atoms with van der Waals surface area (Å²) in [6, 6.07) is 9.76. The van der Waals surface area contributed by atoms with Gasteiger partial charge in [-0.15, -0.1) is 0 Å². The Labute approximate surface area is 114 Å². The van der Waals surface area contributed by atoms with Crippen LogP contribution in [0.4, 0.5) is 0 Å². The van der Waals surface area contributed by atoms with Crippen LogP contribution in [0.2, 0.25) is 0 Å². The highest BCUT2D eigenvalue weighted by atomic mass is 16.5. The first-order valence-electron chi connectivity index (χ1n) is 6.78. The van der Waals surface area contributed by atoms with E-state index in [1.54, 1.807) is 6.07 Å². The molecule has 0 aromatic heterocycles. The first kappa shape index (κ1) is 13.9. The van der Waals surface area contributed by atoms with Crippen LogP contribution in [-0.2, 0) is 4.74 Å². The van der Waals surface area contributed by atoms with Gasteiger partial charge in [0.05, 0.1) is 11.7 Å². The molecule has 1 saturated heterocycles. The van der Waals surface area contributed by atoms with Crippen LogP contribution in [0.1, 0.15) is 25.3 Å². The Kier molecular flexibility index (Phi) is 5.20. The average Bonchev–Trinajstić information content (AvgIpc) is 2.98. The quantitative estimate of drug-likeness (QED) is 0.796. The molecule has 4 nitrogen and oxygen atoms in total. The van der Waals surface area contributed by atoms with Crippen LogP contribution in [0, 0.1) is 11.3 Å². The Bertz CT molecular complexity index is 436. The number of para-hydroxylation sites is 1. The smallest absolute Gasteiger partial charge is 0.137 e. The van der Waals surface area contributed by atoms with E-state index in [9.17, 15) is 0 Å². The third kappa shape index (κ3) is 3.95. The second kappa shape index (κ2) is 7.13. The summed E-state index contributed by atoms with van der Waals surface area (Å²) in [4.78, 5) is 0. The van der Waals surface area contributed by atoms with Crippen LogP contribution in [-0.4, -0.2) is 31.9 Å². The maximum Gasteiger partial charge on any atom is 0.137 e. The van der Waals surface area contributed by atoms with E-state index in [-0.39, 0.29) is 0 Å². The summed E-state index contributed by atoms with van der Waals surface area (Å²) < 4.78 is 11.2. The van der Waals surface area contributed by atoms with Gasteiger partial charge in [-0.25, -0.2) is 0 Å². The number of nitrogens with one attached hydrogen (secondary N) is 1. The van der Waals surface area contributed by atoms with E-state index < -0.39 is 0 Å². The van der Waals surface area contributed by atoms with Crippen LogP contribution in [0.15, 0.2) is 24.3 Å². The van der Waals surface area contributed by atoms with E-state index >= 15 is 0 Å². The molecule has 0 saturated carbocycles. The molecule has 0 aliphatic carbocycles. The summed E-state index contributed by atoms with van der Waals surface area (Å²) in [5.41, 5.74) is 0.578. The number of hydrogen-bond acceptors (Lipinski definition) is 4. The molecule has 1 aromatic rings. The zero-order valence-electron chi connectivity index (χ0n) is 11.3. The van der Waals surface area contributed by atoms with Crippen molar-refractivity contribution in [3.8, 4) is 11.8 Å². The zero-order valence-corrected chi connectivity index (χ0v) is 11.3. The third-order valence-corrected chi connectivity index (χ3v) is 3.36. The van der Waals surface area contributed by atoms with Gasteiger partial charge in [0.25, 0.3) is 0 Å². The van der Waals surface area contributed by atoms with Crippen molar-refractivity contribution in [2.75, 3.05) is 19.8 Å². The minimum Gasteiger partial charge on any atom is -0.491 e. The maximum atomic E-state index is 8.94. The zero-order chi connectivity index (χ0) is 13.5. The molecule has 1 heterocycles. The molecule has 19 heavy (non-hydrogen) atoms. The molecule has 1 N–H and O–H groups in total. The standard InChI is InChI=1S/C15H20N2O2/c1-12(14-7-4-9-18-14)17-8-10-19-15-6-3-2-5-13(15)11-16/h2-3,5-6,12,14,17H,4,7-10H2,1H3. The lowest BCUT2D eigenvalue weighted by Crippen LogP contribution is -2.39. The Morgan fingerprint density at radius 2 is 2.37 bits per heavy atom. The molecule has 4 heteroatoms. The Hall–Kier alpha value is -1.57. The molecular formula is C15H20N2O2. The molecule has 102 valence electrons. The van der Waals surface area contributed by atoms with Gasteiger partial charge in [0.1, 0.15) is 18.4 Å². The predicted octanol–water partition coefficient (Wildman–Crippen LogP) is 2.09. The highest BCUT2D eigenvalue weighted by Gasteiger charge is 2.21. The summed E-state index contributed by atoms with van der Waals surface area (Å²) in [6.07, 6.45) is 2.61. The summed E-state index contributed by atoms with van der Waals surface area (Å²) in [5.74, 6) is 0.650. The van der Waals surface area contributed by atoms with Gasteiger partial charge < -0.3 is 14.8 Å². The van der Waals surface area contributed by atoms with Crippen molar-refractivity contribution in [3.05, 3.63) is 29.8 Å². The number of benzene rings is 1. The lowest BCUT2D eigenvalue weighted by atomic mass is 10.1. The molecule has 2 rings (SSSR count). The van der Waals surface area contributed by atoms with Crippen molar-refractivity contribution < 1.29 is 9.47 Å². The van der Waals surface area contributed by atoms with E-state index in [0.29, 0.717) is 30.1 Å². The minimum atomic E-state index is 0.325. The van der Waals surface area contributed by atoms with Crippen molar-refractivity contribution in [2.24, 2.45) is 0 Å². The van der Waals surface area contributed by atoms with Crippen molar-refractivity contribution in [1.29, 1.82) is 5.26 Å². The van der Waals surface area contributed by atoms with E-state index in [2.05, 4.69) is 18.3 Å². The normalized spacial score (nSPS) is 19.9. The lowest BCUT2D eigenvalue weighted by molar-refractivity contribution is 0.0824. The summed E-state index contributed by atoms with van der Waals surface area (Å²) in [5, 5.41) is 12.3. The third-order valence-electron chi connectivity index (χ3n) is 3.36. The van der Waals surface area contributed by atoms with E-state index in [1.165, 1.54) is 0 Å². The van der Waals surface area contributed by atoms with Gasteiger partial charge in [-0.1, -0.05) is 12.1 Å². The monoisotopic (exact) mass is 260 g/mol. The summed E-state index contributed by atoms with van der Waals surface area (Å²) in [7, 11) is 0. The fraction of sp³-hybridized carbons (Fsp3) is 0.533. The maximum absolute atomic E-state index is 8.94. The van der Waals surface area contributed by atoms with E-state index in [1.807, 2.05) is 18.2 Å². The highest BCUT2D eigenvalue weighted by Crippen LogP contribution is 2.17. The Balaban J connectivity index is 1.70. The molecule has 0 amide bonds. The fourth-order valence-corrected chi connectivity index (χ4v) is 2.26. The predicted molar refractivity (Wildman–Crippen MR) is 73.1 cm³/mol. The van der Waals surface area contributed by atoms with Crippen molar-refractivity contribution in [2.45, 2.75) is 31.9 Å².